The average Bonchev–Trinajstić information content (AvgIpc) is 2.25. The van der Waals surface area contributed by atoms with Gasteiger partial charge in [-0.3, -0.25) is 0 Å². The SMILES string of the molecule is COC[C@H](OC[Si](C)C)c1ccccc1. The van der Waals surface area contributed by atoms with E-state index in [1.54, 1.807) is 7.11 Å². The van der Waals surface area contributed by atoms with Crippen LogP contribution in [0.3, 0.4) is 0 Å². The van der Waals surface area contributed by atoms with E-state index < -0.39 is 0 Å². The topological polar surface area (TPSA) is 18.5 Å². The summed E-state index contributed by atoms with van der Waals surface area (Å²) in [6.07, 6.45) is 0.948. The Kier molecular flexibility index (Phi) is 5.61. The molecule has 0 aliphatic rings. The van der Waals surface area contributed by atoms with Crippen molar-refractivity contribution in [2.75, 3.05) is 19.9 Å². The molecule has 83 valence electrons. The third-order valence-electron chi connectivity index (χ3n) is 2.06. The van der Waals surface area contributed by atoms with Crippen LogP contribution in [0.5, 0.6) is 0 Å². The third kappa shape index (κ3) is 4.60. The second-order valence-corrected chi connectivity index (χ2v) is 6.58. The van der Waals surface area contributed by atoms with E-state index >= 15 is 0 Å². The van der Waals surface area contributed by atoms with Crippen LogP contribution < -0.4 is 0 Å². The molecule has 0 aliphatic heterocycles. The van der Waals surface area contributed by atoms with E-state index in [0.29, 0.717) is 6.61 Å². The quantitative estimate of drug-likeness (QED) is 0.690. The van der Waals surface area contributed by atoms with E-state index in [-0.39, 0.29) is 14.9 Å². The van der Waals surface area contributed by atoms with Gasteiger partial charge in [0.2, 0.25) is 0 Å². The zero-order valence-electron chi connectivity index (χ0n) is 9.69. The van der Waals surface area contributed by atoms with E-state index in [0.717, 1.165) is 6.23 Å². The van der Waals surface area contributed by atoms with Gasteiger partial charge in [-0.25, -0.2) is 0 Å². The molecular formula is C12H19O2Si. The summed E-state index contributed by atoms with van der Waals surface area (Å²) < 4.78 is 11.0. The molecule has 2 nitrogen and oxygen atoms in total. The molecule has 3 heteroatoms. The van der Waals surface area contributed by atoms with Gasteiger partial charge >= 0.3 is 0 Å². The fraction of sp³-hybridized carbons (Fsp3) is 0.500. The number of ether oxygens (including phenoxy) is 2. The lowest BCUT2D eigenvalue weighted by molar-refractivity contribution is 0.0163. The molecule has 0 N–H and O–H groups in total. The molecule has 1 atom stereocenters. The summed E-state index contributed by atoms with van der Waals surface area (Å²) in [6.45, 7) is 5.12. The number of benzene rings is 1. The van der Waals surface area contributed by atoms with Crippen LogP contribution in [0.2, 0.25) is 13.1 Å². The molecule has 0 aromatic heterocycles. The summed E-state index contributed by atoms with van der Waals surface area (Å²) in [7, 11) is 1.38. The first kappa shape index (κ1) is 12.4. The minimum Gasteiger partial charge on any atom is -0.382 e. The van der Waals surface area contributed by atoms with Crippen molar-refractivity contribution >= 4 is 8.80 Å². The van der Waals surface area contributed by atoms with Gasteiger partial charge in [-0.1, -0.05) is 43.4 Å². The first-order valence-electron chi connectivity index (χ1n) is 5.18. The number of methoxy groups -OCH3 is 1. The molecule has 0 aliphatic carbocycles. The smallest absolute Gasteiger partial charge is 0.105 e. The summed E-state index contributed by atoms with van der Waals surface area (Å²) >= 11 is 0. The lowest BCUT2D eigenvalue weighted by Crippen LogP contribution is -2.18. The van der Waals surface area contributed by atoms with Crippen LogP contribution in [0.15, 0.2) is 30.3 Å². The predicted octanol–water partition coefficient (Wildman–Crippen LogP) is 2.68. The van der Waals surface area contributed by atoms with Crippen LogP contribution >= 0.6 is 0 Å². The van der Waals surface area contributed by atoms with Crippen molar-refractivity contribution in [1.29, 1.82) is 0 Å². The Bertz CT molecular complexity index is 262. The van der Waals surface area contributed by atoms with Crippen molar-refractivity contribution in [1.82, 2.24) is 0 Å². The zero-order chi connectivity index (χ0) is 11.1. The van der Waals surface area contributed by atoms with Gasteiger partial charge in [-0.05, 0) is 5.56 Å². The van der Waals surface area contributed by atoms with Gasteiger partial charge in [-0.15, -0.1) is 0 Å². The van der Waals surface area contributed by atoms with Gasteiger partial charge in [0.1, 0.15) is 6.10 Å². The van der Waals surface area contributed by atoms with E-state index in [1.807, 2.05) is 18.2 Å². The highest BCUT2D eigenvalue weighted by Crippen LogP contribution is 2.17. The Morgan fingerprint density at radius 1 is 1.20 bits per heavy atom. The fourth-order valence-corrected chi connectivity index (χ4v) is 1.86. The van der Waals surface area contributed by atoms with E-state index in [2.05, 4.69) is 25.2 Å². The minimum atomic E-state index is -0.332. The van der Waals surface area contributed by atoms with Crippen LogP contribution in [0.25, 0.3) is 0 Å². The highest BCUT2D eigenvalue weighted by Gasteiger charge is 2.12. The molecule has 0 saturated carbocycles. The molecule has 0 bridgehead atoms. The van der Waals surface area contributed by atoms with Crippen molar-refractivity contribution in [3.05, 3.63) is 35.9 Å². The van der Waals surface area contributed by atoms with E-state index in [9.17, 15) is 0 Å². The molecule has 0 spiro atoms. The number of rotatable bonds is 6. The Morgan fingerprint density at radius 3 is 2.40 bits per heavy atom. The first-order chi connectivity index (χ1) is 7.24. The van der Waals surface area contributed by atoms with Gasteiger partial charge in [0.25, 0.3) is 0 Å². The van der Waals surface area contributed by atoms with Crippen molar-refractivity contribution in [2.24, 2.45) is 0 Å². The van der Waals surface area contributed by atoms with Crippen LogP contribution in [-0.2, 0) is 9.47 Å². The van der Waals surface area contributed by atoms with Gasteiger partial charge < -0.3 is 9.47 Å². The van der Waals surface area contributed by atoms with E-state index in [4.69, 9.17) is 9.47 Å². The molecule has 1 rings (SSSR count). The van der Waals surface area contributed by atoms with Crippen LogP contribution in [0.4, 0.5) is 0 Å². The third-order valence-corrected chi connectivity index (χ3v) is 2.81. The summed E-state index contributed by atoms with van der Waals surface area (Å²) in [6, 6.07) is 10.3. The Morgan fingerprint density at radius 2 is 1.87 bits per heavy atom. The molecular weight excluding hydrogens is 204 g/mol. The summed E-state index contributed by atoms with van der Waals surface area (Å²) in [4.78, 5) is 0. The molecule has 0 fully saturated rings. The predicted molar refractivity (Wildman–Crippen MR) is 64.5 cm³/mol. The van der Waals surface area contributed by atoms with Crippen molar-refractivity contribution in [3.8, 4) is 0 Å². The van der Waals surface area contributed by atoms with Crippen LogP contribution in [0, 0.1) is 0 Å². The first-order valence-corrected chi connectivity index (χ1v) is 7.89. The summed E-state index contributed by atoms with van der Waals surface area (Å²) in [5.74, 6) is 0. The van der Waals surface area contributed by atoms with Gasteiger partial charge in [0, 0.05) is 13.3 Å². The molecule has 1 aromatic rings. The lowest BCUT2D eigenvalue weighted by atomic mass is 10.1. The van der Waals surface area contributed by atoms with Gasteiger partial charge in [-0.2, -0.15) is 0 Å². The molecule has 1 aromatic carbocycles. The van der Waals surface area contributed by atoms with Crippen LogP contribution in [0.1, 0.15) is 11.7 Å². The second kappa shape index (κ2) is 6.77. The van der Waals surface area contributed by atoms with Crippen molar-refractivity contribution < 1.29 is 9.47 Å². The maximum absolute atomic E-state index is 5.85. The Labute approximate surface area is 93.8 Å². The molecule has 0 unspecified atom stereocenters. The number of hydrogen-bond acceptors (Lipinski definition) is 2. The molecule has 15 heavy (non-hydrogen) atoms. The molecule has 0 saturated heterocycles. The van der Waals surface area contributed by atoms with E-state index in [1.165, 1.54) is 5.56 Å². The summed E-state index contributed by atoms with van der Waals surface area (Å²) in [5.41, 5.74) is 1.20. The Balaban J connectivity index is 2.57. The second-order valence-electron chi connectivity index (χ2n) is 3.87. The monoisotopic (exact) mass is 223 g/mol. The molecule has 0 amide bonds. The van der Waals surface area contributed by atoms with Crippen molar-refractivity contribution in [2.45, 2.75) is 19.2 Å². The fourth-order valence-electron chi connectivity index (χ4n) is 1.33. The van der Waals surface area contributed by atoms with Gasteiger partial charge in [0.05, 0.1) is 15.4 Å². The standard InChI is InChI=1S/C12H19O2Si/c1-13-9-12(14-10-15(2)3)11-7-5-4-6-8-11/h4-8,12H,9-10H2,1-3H3/t12-/m0/s1. The normalized spacial score (nSPS) is 13.1. The highest BCUT2D eigenvalue weighted by atomic mass is 28.3. The largest absolute Gasteiger partial charge is 0.382 e. The van der Waals surface area contributed by atoms with Crippen molar-refractivity contribution in [3.63, 3.8) is 0 Å². The maximum Gasteiger partial charge on any atom is 0.105 e. The number of hydrogen-bond donors (Lipinski definition) is 0. The zero-order valence-corrected chi connectivity index (χ0v) is 10.7. The lowest BCUT2D eigenvalue weighted by Gasteiger charge is -2.18. The average molecular weight is 223 g/mol. The van der Waals surface area contributed by atoms with Gasteiger partial charge in [0.15, 0.2) is 0 Å². The Hall–Kier alpha value is -0.643. The maximum atomic E-state index is 5.85. The molecule has 1 radical (unpaired) electrons. The molecule has 0 heterocycles. The van der Waals surface area contributed by atoms with Crippen LogP contribution in [-0.4, -0.2) is 28.7 Å². The highest BCUT2D eigenvalue weighted by molar-refractivity contribution is 6.55. The minimum absolute atomic E-state index is 0.0797. The summed E-state index contributed by atoms with van der Waals surface area (Å²) in [5, 5.41) is 0.